The van der Waals surface area contributed by atoms with Crippen LogP contribution in [0, 0.1) is 12.8 Å². The first-order chi connectivity index (χ1) is 11.0. The molecule has 5 heteroatoms. The van der Waals surface area contributed by atoms with E-state index in [1.165, 1.54) is 0 Å². The van der Waals surface area contributed by atoms with Gasteiger partial charge in [0.05, 0.1) is 5.56 Å². The molecule has 0 bridgehead atoms. The van der Waals surface area contributed by atoms with Crippen LogP contribution in [0.25, 0.3) is 5.69 Å². The van der Waals surface area contributed by atoms with Crippen LogP contribution in [-0.2, 0) is 9.53 Å². The minimum absolute atomic E-state index is 0.266. The van der Waals surface area contributed by atoms with Gasteiger partial charge in [-0.25, -0.2) is 4.79 Å². The number of aryl methyl sites for hydroxylation is 1. The van der Waals surface area contributed by atoms with Gasteiger partial charge in [-0.15, -0.1) is 0 Å². The number of carbonyl (C=O) groups is 2. The number of esters is 1. The third-order valence-electron chi connectivity index (χ3n) is 3.37. The van der Waals surface area contributed by atoms with E-state index in [0.29, 0.717) is 18.0 Å². The summed E-state index contributed by atoms with van der Waals surface area (Å²) >= 11 is 0. The molecule has 23 heavy (non-hydrogen) atoms. The lowest BCUT2D eigenvalue weighted by Crippen LogP contribution is -2.31. The molecule has 2 aromatic rings. The Hall–Kier alpha value is -2.56. The van der Waals surface area contributed by atoms with Crippen molar-refractivity contribution < 1.29 is 14.3 Å². The van der Waals surface area contributed by atoms with E-state index in [2.05, 4.69) is 5.32 Å². The summed E-state index contributed by atoms with van der Waals surface area (Å²) in [6.45, 7) is 6.28. The SMILES string of the molecule is Cc1ccc(C(=O)OCC(=O)NCC(C)C)cc1-n1cccc1. The maximum atomic E-state index is 12.1. The van der Waals surface area contributed by atoms with E-state index in [1.54, 1.807) is 12.1 Å². The quantitative estimate of drug-likeness (QED) is 0.834. The smallest absolute Gasteiger partial charge is 0.338 e. The van der Waals surface area contributed by atoms with Crippen LogP contribution in [0.4, 0.5) is 0 Å². The standard InChI is InChI=1S/C18H22N2O3/c1-13(2)11-19-17(21)12-23-18(22)15-7-6-14(3)16(10-15)20-8-4-5-9-20/h4-10,13H,11-12H2,1-3H3,(H,19,21). The van der Waals surface area contributed by atoms with Crippen molar-refractivity contribution in [3.63, 3.8) is 0 Å². The third-order valence-corrected chi connectivity index (χ3v) is 3.37. The van der Waals surface area contributed by atoms with Gasteiger partial charge in [0.15, 0.2) is 6.61 Å². The van der Waals surface area contributed by atoms with Crippen LogP contribution in [0.5, 0.6) is 0 Å². The Bertz CT molecular complexity index is 676. The molecule has 1 amide bonds. The molecular formula is C18H22N2O3. The average Bonchev–Trinajstić information content (AvgIpc) is 3.05. The van der Waals surface area contributed by atoms with Gasteiger partial charge in [-0.2, -0.15) is 0 Å². The number of benzene rings is 1. The Balaban J connectivity index is 2.00. The second-order valence-electron chi connectivity index (χ2n) is 5.87. The molecule has 1 aromatic heterocycles. The van der Waals surface area contributed by atoms with E-state index in [0.717, 1.165) is 11.3 Å². The first-order valence-corrected chi connectivity index (χ1v) is 7.65. The molecular weight excluding hydrogens is 292 g/mol. The highest BCUT2D eigenvalue weighted by Gasteiger charge is 2.12. The molecule has 0 saturated carbocycles. The third kappa shape index (κ3) is 4.71. The van der Waals surface area contributed by atoms with Crippen molar-refractivity contribution in [3.8, 4) is 5.69 Å². The van der Waals surface area contributed by atoms with Crippen LogP contribution in [0.15, 0.2) is 42.7 Å². The van der Waals surface area contributed by atoms with Crippen LogP contribution >= 0.6 is 0 Å². The van der Waals surface area contributed by atoms with Gasteiger partial charge < -0.3 is 14.6 Å². The van der Waals surface area contributed by atoms with E-state index in [-0.39, 0.29) is 12.5 Å². The largest absolute Gasteiger partial charge is 0.452 e. The number of amides is 1. The summed E-state index contributed by atoms with van der Waals surface area (Å²) in [5.41, 5.74) is 2.39. The highest BCUT2D eigenvalue weighted by Crippen LogP contribution is 2.17. The summed E-state index contributed by atoms with van der Waals surface area (Å²) in [6, 6.07) is 9.18. The fraction of sp³-hybridized carbons (Fsp3) is 0.333. The van der Waals surface area contributed by atoms with Crippen molar-refractivity contribution in [2.75, 3.05) is 13.2 Å². The normalized spacial score (nSPS) is 10.6. The summed E-state index contributed by atoms with van der Waals surface area (Å²) in [6.07, 6.45) is 3.83. The second kappa shape index (κ2) is 7.63. The van der Waals surface area contributed by atoms with Gasteiger partial charge in [0.25, 0.3) is 5.91 Å². The maximum absolute atomic E-state index is 12.1. The number of carbonyl (C=O) groups excluding carboxylic acids is 2. The summed E-state index contributed by atoms with van der Waals surface area (Å²) in [7, 11) is 0. The van der Waals surface area contributed by atoms with Gasteiger partial charge >= 0.3 is 5.97 Å². The van der Waals surface area contributed by atoms with Crippen molar-refractivity contribution in [1.82, 2.24) is 9.88 Å². The van der Waals surface area contributed by atoms with Crippen LogP contribution in [0.2, 0.25) is 0 Å². The first kappa shape index (κ1) is 16.8. The molecule has 0 atom stereocenters. The first-order valence-electron chi connectivity index (χ1n) is 7.65. The molecule has 0 aliphatic heterocycles. The second-order valence-corrected chi connectivity index (χ2v) is 5.87. The van der Waals surface area contributed by atoms with Gasteiger partial charge in [0.2, 0.25) is 0 Å². The van der Waals surface area contributed by atoms with Crippen LogP contribution in [0.1, 0.15) is 29.8 Å². The summed E-state index contributed by atoms with van der Waals surface area (Å²) in [5.74, 6) is -0.432. The molecule has 0 saturated heterocycles. The lowest BCUT2D eigenvalue weighted by Gasteiger charge is -2.11. The maximum Gasteiger partial charge on any atom is 0.338 e. The molecule has 1 aromatic carbocycles. The molecule has 5 nitrogen and oxygen atoms in total. The minimum Gasteiger partial charge on any atom is -0.452 e. The molecule has 0 unspecified atom stereocenters. The predicted octanol–water partition coefficient (Wildman–Crippen LogP) is 2.71. The molecule has 0 fully saturated rings. The topological polar surface area (TPSA) is 60.3 Å². The summed E-state index contributed by atoms with van der Waals surface area (Å²) in [5, 5.41) is 2.71. The van der Waals surface area contributed by atoms with Crippen molar-refractivity contribution in [2.45, 2.75) is 20.8 Å². The molecule has 0 spiro atoms. The van der Waals surface area contributed by atoms with Crippen LogP contribution in [0.3, 0.4) is 0 Å². The zero-order valence-corrected chi connectivity index (χ0v) is 13.7. The number of aromatic nitrogens is 1. The summed E-state index contributed by atoms with van der Waals surface area (Å²) in [4.78, 5) is 23.7. The van der Waals surface area contributed by atoms with Gasteiger partial charge in [0.1, 0.15) is 0 Å². The molecule has 2 rings (SSSR count). The van der Waals surface area contributed by atoms with Crippen molar-refractivity contribution in [1.29, 1.82) is 0 Å². The van der Waals surface area contributed by atoms with Gasteiger partial charge in [-0.1, -0.05) is 19.9 Å². The Morgan fingerprint density at radius 1 is 1.22 bits per heavy atom. The number of ether oxygens (including phenoxy) is 1. The Morgan fingerprint density at radius 2 is 1.91 bits per heavy atom. The highest BCUT2D eigenvalue weighted by molar-refractivity contribution is 5.92. The number of hydrogen-bond donors (Lipinski definition) is 1. The number of hydrogen-bond acceptors (Lipinski definition) is 3. The van der Waals surface area contributed by atoms with Crippen LogP contribution in [-0.4, -0.2) is 29.6 Å². The zero-order chi connectivity index (χ0) is 16.8. The van der Waals surface area contributed by atoms with E-state index in [1.807, 2.05) is 55.9 Å². The van der Waals surface area contributed by atoms with Crippen LogP contribution < -0.4 is 5.32 Å². The van der Waals surface area contributed by atoms with Crippen molar-refractivity contribution in [3.05, 3.63) is 53.9 Å². The van der Waals surface area contributed by atoms with E-state index < -0.39 is 5.97 Å². The van der Waals surface area contributed by atoms with E-state index in [9.17, 15) is 9.59 Å². The molecule has 122 valence electrons. The number of nitrogens with zero attached hydrogens (tertiary/aromatic N) is 1. The molecule has 1 heterocycles. The highest BCUT2D eigenvalue weighted by atomic mass is 16.5. The van der Waals surface area contributed by atoms with E-state index >= 15 is 0 Å². The van der Waals surface area contributed by atoms with Crippen molar-refractivity contribution in [2.24, 2.45) is 5.92 Å². The average molecular weight is 314 g/mol. The molecule has 1 N–H and O–H groups in total. The molecule has 0 radical (unpaired) electrons. The van der Waals surface area contributed by atoms with Crippen molar-refractivity contribution >= 4 is 11.9 Å². The zero-order valence-electron chi connectivity index (χ0n) is 13.7. The lowest BCUT2D eigenvalue weighted by molar-refractivity contribution is -0.124. The van der Waals surface area contributed by atoms with Gasteiger partial charge in [-0.05, 0) is 42.7 Å². The fourth-order valence-corrected chi connectivity index (χ4v) is 2.09. The predicted molar refractivity (Wildman–Crippen MR) is 88.6 cm³/mol. The monoisotopic (exact) mass is 314 g/mol. The Labute approximate surface area is 136 Å². The molecule has 0 aliphatic rings. The fourth-order valence-electron chi connectivity index (χ4n) is 2.09. The Morgan fingerprint density at radius 3 is 2.57 bits per heavy atom. The molecule has 0 aliphatic carbocycles. The number of rotatable bonds is 6. The summed E-state index contributed by atoms with van der Waals surface area (Å²) < 4.78 is 7.01. The Kier molecular flexibility index (Phi) is 5.57. The van der Waals surface area contributed by atoms with E-state index in [4.69, 9.17) is 4.74 Å². The van der Waals surface area contributed by atoms with Gasteiger partial charge in [-0.3, -0.25) is 4.79 Å². The number of nitrogens with one attached hydrogen (secondary N) is 1. The lowest BCUT2D eigenvalue weighted by atomic mass is 10.1. The van der Waals surface area contributed by atoms with Gasteiger partial charge in [0, 0.05) is 24.6 Å². The minimum atomic E-state index is -0.502.